The number of halogens is 1. The topological polar surface area (TPSA) is 99.2 Å². The highest BCUT2D eigenvalue weighted by Gasteiger charge is 2.18. The van der Waals surface area contributed by atoms with Crippen LogP contribution < -0.4 is 15.6 Å². The molecule has 0 saturated carbocycles. The highest BCUT2D eigenvalue weighted by molar-refractivity contribution is 7.99. The zero-order chi connectivity index (χ0) is 22.0. The number of amides is 1. The van der Waals surface area contributed by atoms with E-state index in [4.69, 9.17) is 20.9 Å². The fourth-order valence-corrected chi connectivity index (χ4v) is 3.97. The smallest absolute Gasteiger partial charge is 0.266 e. The molecule has 2 aromatic carbocycles. The lowest BCUT2D eigenvalue weighted by molar-refractivity contribution is -0.113. The van der Waals surface area contributed by atoms with Crippen LogP contribution in [0.2, 0.25) is 5.02 Å². The normalized spacial score (nSPS) is 10.9. The number of nitrogens with zero attached hydrogens (tertiary/aromatic N) is 3. The fourth-order valence-electron chi connectivity index (χ4n) is 3.00. The number of rotatable bonds is 6. The van der Waals surface area contributed by atoms with Crippen molar-refractivity contribution in [3.05, 3.63) is 69.7 Å². The molecule has 31 heavy (non-hydrogen) atoms. The summed E-state index contributed by atoms with van der Waals surface area (Å²) in [6.45, 7) is 1.73. The number of fused-ring (bicyclic) bond motifs is 1. The van der Waals surface area contributed by atoms with Gasteiger partial charge in [-0.3, -0.25) is 14.2 Å². The number of aromatic nitrogens is 3. The predicted molar refractivity (Wildman–Crippen MR) is 119 cm³/mol. The summed E-state index contributed by atoms with van der Waals surface area (Å²) in [7, 11) is 1.53. The fraction of sp³-hybridized carbons (Fsp3) is 0.143. The Labute approximate surface area is 186 Å². The molecule has 0 spiro atoms. The van der Waals surface area contributed by atoms with E-state index in [0.717, 1.165) is 11.8 Å². The summed E-state index contributed by atoms with van der Waals surface area (Å²) in [5.41, 5.74) is 0.675. The van der Waals surface area contributed by atoms with E-state index in [0.29, 0.717) is 44.1 Å². The molecule has 2 aromatic heterocycles. The van der Waals surface area contributed by atoms with E-state index in [2.05, 4.69) is 15.5 Å². The number of nitrogens with one attached hydrogen (secondary N) is 1. The zero-order valence-electron chi connectivity index (χ0n) is 16.6. The lowest BCUT2D eigenvalue weighted by Crippen LogP contribution is -2.23. The van der Waals surface area contributed by atoms with Crippen LogP contribution in [0.3, 0.4) is 0 Å². The molecule has 0 radical (unpaired) electrons. The summed E-state index contributed by atoms with van der Waals surface area (Å²) in [4.78, 5) is 30.4. The van der Waals surface area contributed by atoms with Gasteiger partial charge in [-0.25, -0.2) is 4.98 Å². The third kappa shape index (κ3) is 4.42. The van der Waals surface area contributed by atoms with Gasteiger partial charge in [0.05, 0.1) is 29.5 Å². The summed E-state index contributed by atoms with van der Waals surface area (Å²) in [6, 6.07) is 13.6. The highest BCUT2D eigenvalue weighted by atomic mass is 35.5. The maximum absolute atomic E-state index is 13.4. The number of methoxy groups -OCH3 is 1. The molecule has 4 aromatic rings. The number of anilines is 1. The number of carbonyl (C=O) groups is 1. The minimum atomic E-state index is -0.315. The highest BCUT2D eigenvalue weighted by Crippen LogP contribution is 2.28. The molecule has 10 heteroatoms. The molecule has 2 heterocycles. The van der Waals surface area contributed by atoms with Gasteiger partial charge in [-0.05, 0) is 37.3 Å². The number of para-hydroxylation sites is 2. The first-order valence-corrected chi connectivity index (χ1v) is 10.5. The molecule has 8 nitrogen and oxygen atoms in total. The van der Waals surface area contributed by atoms with Crippen molar-refractivity contribution in [3.63, 3.8) is 0 Å². The molecule has 0 unspecified atom stereocenters. The van der Waals surface area contributed by atoms with Crippen molar-refractivity contribution >= 4 is 46.0 Å². The maximum atomic E-state index is 13.4. The van der Waals surface area contributed by atoms with Crippen molar-refractivity contribution in [1.82, 2.24) is 14.7 Å². The van der Waals surface area contributed by atoms with Crippen LogP contribution >= 0.6 is 23.4 Å². The number of aryl methyl sites for hydroxylation is 1. The molecule has 0 atom stereocenters. The summed E-state index contributed by atoms with van der Waals surface area (Å²) < 4.78 is 11.8. The van der Waals surface area contributed by atoms with Crippen molar-refractivity contribution in [1.29, 1.82) is 0 Å². The summed E-state index contributed by atoms with van der Waals surface area (Å²) in [5.74, 6) is 1.10. The van der Waals surface area contributed by atoms with Crippen molar-refractivity contribution in [3.8, 4) is 11.4 Å². The molecule has 1 N–H and O–H groups in total. The van der Waals surface area contributed by atoms with E-state index in [9.17, 15) is 9.59 Å². The molecule has 1 amide bonds. The average Bonchev–Trinajstić information content (AvgIpc) is 3.16. The van der Waals surface area contributed by atoms with Crippen LogP contribution in [0.15, 0.2) is 63.0 Å². The Morgan fingerprint density at radius 3 is 2.81 bits per heavy atom. The van der Waals surface area contributed by atoms with Crippen molar-refractivity contribution < 1.29 is 14.1 Å². The third-order valence-electron chi connectivity index (χ3n) is 4.35. The van der Waals surface area contributed by atoms with Gasteiger partial charge in [0.1, 0.15) is 11.5 Å². The van der Waals surface area contributed by atoms with Crippen LogP contribution in [0.5, 0.6) is 5.75 Å². The van der Waals surface area contributed by atoms with Gasteiger partial charge in [0.25, 0.3) is 5.56 Å². The van der Waals surface area contributed by atoms with E-state index < -0.39 is 0 Å². The largest absolute Gasteiger partial charge is 0.495 e. The Kier molecular flexibility index (Phi) is 5.97. The molecule has 158 valence electrons. The predicted octanol–water partition coefficient (Wildman–Crippen LogP) is 4.07. The van der Waals surface area contributed by atoms with E-state index in [1.165, 1.54) is 11.7 Å². The number of thioether (sulfide) groups is 1. The Balaban J connectivity index is 1.75. The Bertz CT molecular complexity index is 1330. The van der Waals surface area contributed by atoms with E-state index >= 15 is 0 Å². The second kappa shape index (κ2) is 8.83. The van der Waals surface area contributed by atoms with Crippen molar-refractivity contribution in [2.45, 2.75) is 12.1 Å². The lowest BCUT2D eigenvalue weighted by Gasteiger charge is -2.15. The van der Waals surface area contributed by atoms with E-state index in [-0.39, 0.29) is 17.2 Å². The zero-order valence-corrected chi connectivity index (χ0v) is 18.2. The minimum absolute atomic E-state index is 0.000428. The standard InChI is InChI=1S/C21H17ClN4O4S/c1-12-9-18(25-30-12)24-19(27)11-31-21-23-15-10-13(22)7-8-14(15)20(28)26(21)16-5-3-4-6-17(16)29-2/h3-10H,11H2,1-2H3,(H,24,25,27). The number of hydrogen-bond donors (Lipinski definition) is 1. The van der Waals surface area contributed by atoms with Crippen LogP contribution in [0.1, 0.15) is 5.76 Å². The van der Waals surface area contributed by atoms with Gasteiger partial charge in [0.15, 0.2) is 11.0 Å². The molecular formula is C21H17ClN4O4S. The maximum Gasteiger partial charge on any atom is 0.266 e. The number of ether oxygens (including phenoxy) is 1. The Hall–Kier alpha value is -3.30. The number of benzene rings is 2. The summed E-state index contributed by atoms with van der Waals surface area (Å²) in [6.07, 6.45) is 0. The lowest BCUT2D eigenvalue weighted by atomic mass is 10.2. The quantitative estimate of drug-likeness (QED) is 0.344. The summed E-state index contributed by atoms with van der Waals surface area (Å²) >= 11 is 7.20. The van der Waals surface area contributed by atoms with E-state index in [1.807, 2.05) is 6.07 Å². The molecule has 4 rings (SSSR count). The van der Waals surface area contributed by atoms with Gasteiger partial charge in [-0.2, -0.15) is 0 Å². The van der Waals surface area contributed by atoms with Gasteiger partial charge < -0.3 is 14.6 Å². The molecule has 0 fully saturated rings. The first-order chi connectivity index (χ1) is 15.0. The SMILES string of the molecule is COc1ccccc1-n1c(SCC(=O)Nc2cc(C)on2)nc2cc(Cl)ccc2c1=O. The summed E-state index contributed by atoms with van der Waals surface area (Å²) in [5, 5.41) is 7.59. The molecular weight excluding hydrogens is 440 g/mol. The van der Waals surface area contributed by atoms with Crippen LogP contribution in [0.4, 0.5) is 5.82 Å². The molecule has 0 aliphatic rings. The first-order valence-electron chi connectivity index (χ1n) is 9.18. The first kappa shape index (κ1) is 21.0. The second-order valence-corrected chi connectivity index (χ2v) is 7.91. The van der Waals surface area contributed by atoms with Crippen LogP contribution in [-0.2, 0) is 4.79 Å². The minimum Gasteiger partial charge on any atom is -0.495 e. The molecule has 0 saturated heterocycles. The van der Waals surface area contributed by atoms with Gasteiger partial charge in [-0.1, -0.05) is 40.7 Å². The van der Waals surface area contributed by atoms with Crippen molar-refractivity contribution in [2.24, 2.45) is 0 Å². The molecule has 0 aliphatic heterocycles. The van der Waals surface area contributed by atoms with Gasteiger partial charge in [0, 0.05) is 11.1 Å². The molecule has 0 bridgehead atoms. The number of carbonyl (C=O) groups excluding carboxylic acids is 1. The third-order valence-corrected chi connectivity index (χ3v) is 5.53. The number of hydrogen-bond acceptors (Lipinski definition) is 7. The van der Waals surface area contributed by atoms with Gasteiger partial charge in [0.2, 0.25) is 5.91 Å². The second-order valence-electron chi connectivity index (χ2n) is 6.53. The Morgan fingerprint density at radius 1 is 1.26 bits per heavy atom. The monoisotopic (exact) mass is 456 g/mol. The average molecular weight is 457 g/mol. The van der Waals surface area contributed by atoms with Crippen LogP contribution in [0, 0.1) is 6.92 Å². The Morgan fingerprint density at radius 2 is 2.06 bits per heavy atom. The van der Waals surface area contributed by atoms with Crippen LogP contribution in [0.25, 0.3) is 16.6 Å². The van der Waals surface area contributed by atoms with Crippen LogP contribution in [-0.4, -0.2) is 33.5 Å². The van der Waals surface area contributed by atoms with E-state index in [1.54, 1.807) is 49.4 Å². The molecule has 0 aliphatic carbocycles. The van der Waals surface area contributed by atoms with Gasteiger partial charge in [-0.15, -0.1) is 0 Å². The van der Waals surface area contributed by atoms with Gasteiger partial charge >= 0.3 is 0 Å². The van der Waals surface area contributed by atoms with Crippen molar-refractivity contribution in [2.75, 3.05) is 18.2 Å².